The van der Waals surface area contributed by atoms with Gasteiger partial charge in [0.15, 0.2) is 0 Å². The lowest BCUT2D eigenvalue weighted by molar-refractivity contribution is 0.0437. The summed E-state index contributed by atoms with van der Waals surface area (Å²) in [5.41, 5.74) is 11.2. The summed E-state index contributed by atoms with van der Waals surface area (Å²) in [6, 6.07) is 24.0. The minimum absolute atomic E-state index is 0.0288. The monoisotopic (exact) mass is 582 g/mol. The SMILES string of the molecule is CC.CC(C)(F)F.C[N+](C)(C)c1ccc(CNC(=O)c2cc3cc(P)ccc3n2Cc2cccc(C(=N)N)c2)cc1. The van der Waals surface area contributed by atoms with Crippen molar-refractivity contribution in [2.24, 2.45) is 5.73 Å². The first-order chi connectivity index (χ1) is 19.1. The molecule has 1 atom stereocenters. The van der Waals surface area contributed by atoms with Crippen LogP contribution in [0.4, 0.5) is 14.5 Å². The van der Waals surface area contributed by atoms with Gasteiger partial charge in [0.1, 0.15) is 17.2 Å². The molecule has 4 rings (SSSR count). The first-order valence-corrected chi connectivity index (χ1v) is 14.1. The predicted molar refractivity (Wildman–Crippen MR) is 173 cm³/mol. The third-order valence-electron chi connectivity index (χ3n) is 5.90. The molecule has 1 heterocycles. The number of amidine groups is 1. The smallest absolute Gasteiger partial charge is 0.268 e. The van der Waals surface area contributed by atoms with Gasteiger partial charge in [-0.2, -0.15) is 0 Å². The molecule has 0 spiro atoms. The molecule has 0 fully saturated rings. The molecule has 6 nitrogen and oxygen atoms in total. The quantitative estimate of drug-likeness (QED) is 0.104. The number of nitrogens with one attached hydrogen (secondary N) is 2. The molecule has 220 valence electrons. The molecule has 4 aromatic rings. The van der Waals surface area contributed by atoms with E-state index in [4.69, 9.17) is 11.1 Å². The Morgan fingerprint density at radius 2 is 1.59 bits per heavy atom. The van der Waals surface area contributed by atoms with E-state index in [1.54, 1.807) is 0 Å². The van der Waals surface area contributed by atoms with Crippen LogP contribution in [0.15, 0.2) is 72.8 Å². The Kier molecular flexibility index (Phi) is 11.7. The molecular weight excluding hydrogens is 539 g/mol. The number of alkyl halides is 2. The van der Waals surface area contributed by atoms with Gasteiger partial charge in [-0.3, -0.25) is 14.7 Å². The molecule has 0 aliphatic carbocycles. The van der Waals surface area contributed by atoms with Gasteiger partial charge >= 0.3 is 0 Å². The number of amides is 1. The molecule has 1 amide bonds. The van der Waals surface area contributed by atoms with Crippen LogP contribution in [-0.2, 0) is 13.1 Å². The van der Waals surface area contributed by atoms with Gasteiger partial charge in [0.25, 0.3) is 5.91 Å². The molecular formula is C32H43F2N5OP+. The molecule has 0 saturated carbocycles. The first-order valence-electron chi connectivity index (χ1n) is 13.5. The molecule has 0 bridgehead atoms. The molecule has 4 N–H and O–H groups in total. The van der Waals surface area contributed by atoms with Crippen molar-refractivity contribution in [3.8, 4) is 0 Å². The minimum atomic E-state index is -2.50. The van der Waals surface area contributed by atoms with Crippen molar-refractivity contribution in [3.05, 3.63) is 95.2 Å². The van der Waals surface area contributed by atoms with E-state index in [1.165, 1.54) is 5.69 Å². The zero-order valence-corrected chi connectivity index (χ0v) is 26.2. The third-order valence-corrected chi connectivity index (χ3v) is 6.26. The average Bonchev–Trinajstić information content (AvgIpc) is 3.24. The lowest BCUT2D eigenvalue weighted by Crippen LogP contribution is -2.34. The first kappa shape index (κ1) is 33.6. The number of hydrogen-bond acceptors (Lipinski definition) is 2. The van der Waals surface area contributed by atoms with Crippen molar-refractivity contribution in [1.29, 1.82) is 5.41 Å². The van der Waals surface area contributed by atoms with Crippen LogP contribution in [-0.4, -0.2) is 43.4 Å². The Morgan fingerprint density at radius 3 is 2.15 bits per heavy atom. The Bertz CT molecular complexity index is 1460. The van der Waals surface area contributed by atoms with Crippen molar-refractivity contribution in [2.75, 3.05) is 21.1 Å². The summed E-state index contributed by atoms with van der Waals surface area (Å²) in [5, 5.41) is 12.9. The molecule has 0 aliphatic heterocycles. The summed E-state index contributed by atoms with van der Waals surface area (Å²) in [6.07, 6.45) is 0. The highest BCUT2D eigenvalue weighted by molar-refractivity contribution is 7.27. The molecule has 1 unspecified atom stereocenters. The molecule has 0 aliphatic rings. The summed E-state index contributed by atoms with van der Waals surface area (Å²) >= 11 is 0. The van der Waals surface area contributed by atoms with E-state index in [0.717, 1.165) is 45.7 Å². The maximum Gasteiger partial charge on any atom is 0.268 e. The van der Waals surface area contributed by atoms with Gasteiger partial charge in [0.2, 0.25) is 5.92 Å². The summed E-state index contributed by atoms with van der Waals surface area (Å²) in [7, 11) is 9.09. The van der Waals surface area contributed by atoms with Crippen molar-refractivity contribution in [2.45, 2.75) is 46.7 Å². The van der Waals surface area contributed by atoms with Crippen molar-refractivity contribution in [1.82, 2.24) is 14.4 Å². The number of rotatable bonds is 7. The fraction of sp³-hybridized carbons (Fsp3) is 0.312. The minimum Gasteiger partial charge on any atom is -0.384 e. The van der Waals surface area contributed by atoms with Crippen LogP contribution in [0.2, 0.25) is 0 Å². The van der Waals surface area contributed by atoms with Gasteiger partial charge in [-0.15, -0.1) is 9.24 Å². The van der Waals surface area contributed by atoms with Crippen molar-refractivity contribution >= 4 is 42.9 Å². The second kappa shape index (κ2) is 14.3. The van der Waals surface area contributed by atoms with Crippen LogP contribution in [0.25, 0.3) is 10.9 Å². The maximum atomic E-state index is 13.3. The zero-order valence-electron chi connectivity index (χ0n) is 25.1. The lowest BCUT2D eigenvalue weighted by Gasteiger charge is -2.23. The fourth-order valence-corrected chi connectivity index (χ4v) is 4.28. The average molecular weight is 583 g/mol. The summed E-state index contributed by atoms with van der Waals surface area (Å²) < 4.78 is 24.8. The number of carbonyl (C=O) groups excluding carboxylic acids is 1. The standard InChI is InChI=1S/C27H30N5OP.C3H6F2.C2H6/c1-32(2,3)22-9-7-18(8-10-22)16-30-27(33)25-15-21-14-23(34)11-12-24(21)31(25)17-19-5-4-6-20(13-19)26(28)29;1-3(2,4)5;1-2/h4-15H,16-17,34H2,1-3H3,(H3-,28,29,30,33);1-2H3;1-2H3/p+1. The number of aromatic nitrogens is 1. The number of nitrogens with zero attached hydrogens (tertiary/aromatic N) is 2. The number of nitrogen functional groups attached to an aromatic ring is 1. The van der Waals surface area contributed by atoms with E-state index >= 15 is 0 Å². The fourth-order valence-electron chi connectivity index (χ4n) is 4.00. The van der Waals surface area contributed by atoms with Crippen LogP contribution < -0.4 is 20.8 Å². The summed E-state index contributed by atoms with van der Waals surface area (Å²) in [5.74, 6) is -2.60. The number of quaternary nitrogens is 1. The van der Waals surface area contributed by atoms with Crippen LogP contribution in [0.3, 0.4) is 0 Å². The van der Waals surface area contributed by atoms with E-state index in [1.807, 2.05) is 60.9 Å². The topological polar surface area (TPSA) is 83.9 Å². The Balaban J connectivity index is 0.000000759. The van der Waals surface area contributed by atoms with Crippen LogP contribution >= 0.6 is 9.24 Å². The van der Waals surface area contributed by atoms with Crippen LogP contribution in [0.1, 0.15) is 54.9 Å². The number of nitrogens with two attached hydrogens (primary N) is 1. The van der Waals surface area contributed by atoms with Gasteiger partial charge < -0.3 is 15.6 Å². The van der Waals surface area contributed by atoms with Gasteiger partial charge in [0.05, 0.1) is 21.1 Å². The number of benzene rings is 3. The maximum absolute atomic E-state index is 13.3. The van der Waals surface area contributed by atoms with Gasteiger partial charge in [-0.25, -0.2) is 8.78 Å². The summed E-state index contributed by atoms with van der Waals surface area (Å²) in [6.45, 7) is 6.66. The van der Waals surface area contributed by atoms with Crippen LogP contribution in [0.5, 0.6) is 0 Å². The van der Waals surface area contributed by atoms with E-state index in [0.29, 0.717) is 24.3 Å². The molecule has 41 heavy (non-hydrogen) atoms. The zero-order chi connectivity index (χ0) is 31.0. The van der Waals surface area contributed by atoms with Gasteiger partial charge in [0, 0.05) is 29.6 Å². The van der Waals surface area contributed by atoms with Gasteiger partial charge in [-0.1, -0.05) is 50.2 Å². The second-order valence-electron chi connectivity index (χ2n) is 10.7. The number of carbonyl (C=O) groups is 1. The number of hydrogen-bond donors (Lipinski definition) is 3. The largest absolute Gasteiger partial charge is 0.384 e. The number of fused-ring (bicyclic) bond motifs is 1. The molecule has 1 aromatic heterocycles. The normalized spacial score (nSPS) is 11.2. The van der Waals surface area contributed by atoms with E-state index in [2.05, 4.69) is 66.0 Å². The molecule has 0 radical (unpaired) electrons. The Hall–Kier alpha value is -3.61. The highest BCUT2D eigenvalue weighted by atomic mass is 31.0. The van der Waals surface area contributed by atoms with E-state index < -0.39 is 5.92 Å². The lowest BCUT2D eigenvalue weighted by atomic mass is 10.1. The van der Waals surface area contributed by atoms with Crippen LogP contribution in [0, 0.1) is 5.41 Å². The number of halogens is 2. The second-order valence-corrected chi connectivity index (χ2v) is 11.4. The summed E-state index contributed by atoms with van der Waals surface area (Å²) in [4.78, 5) is 13.3. The highest BCUT2D eigenvalue weighted by Gasteiger charge is 2.17. The van der Waals surface area contributed by atoms with E-state index in [-0.39, 0.29) is 11.7 Å². The third kappa shape index (κ3) is 10.4. The van der Waals surface area contributed by atoms with Crippen molar-refractivity contribution in [3.63, 3.8) is 0 Å². The van der Waals surface area contributed by atoms with Gasteiger partial charge in [-0.05, 0) is 66.7 Å². The highest BCUT2D eigenvalue weighted by Crippen LogP contribution is 2.22. The van der Waals surface area contributed by atoms with Crippen molar-refractivity contribution < 1.29 is 13.6 Å². The molecule has 9 heteroatoms. The molecule has 0 saturated heterocycles. The Morgan fingerprint density at radius 1 is 0.976 bits per heavy atom. The van der Waals surface area contributed by atoms with E-state index in [9.17, 15) is 13.6 Å². The predicted octanol–water partition coefficient (Wildman–Crippen LogP) is 6.29. The molecule has 3 aromatic carbocycles. The Labute approximate surface area is 244 Å².